The van der Waals surface area contributed by atoms with Gasteiger partial charge in [0.05, 0.1) is 5.69 Å². The van der Waals surface area contributed by atoms with Crippen molar-refractivity contribution in [2.45, 2.75) is 32.2 Å². The van der Waals surface area contributed by atoms with Gasteiger partial charge in [-0.3, -0.25) is 0 Å². The highest BCUT2D eigenvalue weighted by Gasteiger charge is 2.25. The predicted octanol–water partition coefficient (Wildman–Crippen LogP) is 1.93. The van der Waals surface area contributed by atoms with E-state index < -0.39 is 0 Å². The van der Waals surface area contributed by atoms with E-state index in [1.54, 1.807) is 0 Å². The Kier molecular flexibility index (Phi) is 4.91. The lowest BCUT2D eigenvalue weighted by Crippen LogP contribution is -2.36. The molecule has 2 aromatic rings. The van der Waals surface area contributed by atoms with Crippen LogP contribution < -0.4 is 4.90 Å². The molecule has 1 aliphatic rings. The molecule has 3 rings (SSSR count). The molecule has 2 aromatic heterocycles. The van der Waals surface area contributed by atoms with Crippen LogP contribution in [0, 0.1) is 6.92 Å². The van der Waals surface area contributed by atoms with Gasteiger partial charge in [0.2, 0.25) is 0 Å². The molecule has 0 aliphatic carbocycles. The number of nitrogens with zero attached hydrogens (tertiary/aromatic N) is 6. The minimum absolute atomic E-state index is 0.462. The first kappa shape index (κ1) is 15.9. The monoisotopic (exact) mass is 314 g/mol. The largest absolute Gasteiger partial charge is 0.354 e. The Balaban J connectivity index is 1.71. The van der Waals surface area contributed by atoms with Gasteiger partial charge in [0.15, 0.2) is 5.82 Å². The maximum Gasteiger partial charge on any atom is 0.151 e. The Morgan fingerprint density at radius 3 is 2.87 bits per heavy atom. The number of likely N-dealkylation sites (N-methyl/N-ethyl adjacent to an activating group) is 1. The Labute approximate surface area is 138 Å². The molecular formula is C17H26N6. The maximum atomic E-state index is 4.64. The fourth-order valence-electron chi connectivity index (χ4n) is 3.13. The minimum atomic E-state index is 0.462. The molecule has 6 nitrogen and oxygen atoms in total. The molecule has 0 spiro atoms. The SMILES string of the molecule is Cc1ccc(N2CCC[C@H](c3nccn3CCN(C)C)C2)nn1. The summed E-state index contributed by atoms with van der Waals surface area (Å²) in [6.45, 7) is 6.01. The summed E-state index contributed by atoms with van der Waals surface area (Å²) >= 11 is 0. The van der Waals surface area contributed by atoms with Gasteiger partial charge in [-0.2, -0.15) is 5.10 Å². The summed E-state index contributed by atoms with van der Waals surface area (Å²) < 4.78 is 2.30. The molecule has 1 aliphatic heterocycles. The molecule has 0 unspecified atom stereocenters. The van der Waals surface area contributed by atoms with E-state index in [2.05, 4.69) is 55.9 Å². The Morgan fingerprint density at radius 1 is 1.26 bits per heavy atom. The van der Waals surface area contributed by atoms with Crippen molar-refractivity contribution in [3.63, 3.8) is 0 Å². The van der Waals surface area contributed by atoms with Crippen LogP contribution in [-0.2, 0) is 6.54 Å². The van der Waals surface area contributed by atoms with Crippen molar-refractivity contribution in [1.82, 2.24) is 24.6 Å². The van der Waals surface area contributed by atoms with Crippen molar-refractivity contribution in [2.24, 2.45) is 0 Å². The topological polar surface area (TPSA) is 50.1 Å². The fourth-order valence-corrected chi connectivity index (χ4v) is 3.13. The molecule has 0 N–H and O–H groups in total. The second kappa shape index (κ2) is 7.08. The van der Waals surface area contributed by atoms with Crippen LogP contribution in [0.15, 0.2) is 24.5 Å². The van der Waals surface area contributed by atoms with Gasteiger partial charge in [-0.25, -0.2) is 4.98 Å². The molecule has 0 amide bonds. The van der Waals surface area contributed by atoms with E-state index in [-0.39, 0.29) is 0 Å². The predicted molar refractivity (Wildman–Crippen MR) is 91.7 cm³/mol. The third-order valence-corrected chi connectivity index (χ3v) is 4.43. The zero-order chi connectivity index (χ0) is 16.2. The summed E-state index contributed by atoms with van der Waals surface area (Å²) in [5.74, 6) is 2.65. The lowest BCUT2D eigenvalue weighted by molar-refractivity contribution is 0.373. The van der Waals surface area contributed by atoms with Crippen LogP contribution in [0.3, 0.4) is 0 Å². The average molecular weight is 314 g/mol. The quantitative estimate of drug-likeness (QED) is 0.844. The van der Waals surface area contributed by atoms with Crippen molar-refractivity contribution in [3.8, 4) is 0 Å². The number of imidazole rings is 1. The van der Waals surface area contributed by atoms with E-state index in [0.717, 1.165) is 37.7 Å². The molecule has 1 saturated heterocycles. The molecule has 1 fully saturated rings. The Morgan fingerprint density at radius 2 is 2.13 bits per heavy atom. The Bertz CT molecular complexity index is 618. The van der Waals surface area contributed by atoms with Gasteiger partial charge in [0, 0.05) is 44.5 Å². The molecule has 124 valence electrons. The van der Waals surface area contributed by atoms with Crippen LogP contribution in [-0.4, -0.2) is 58.4 Å². The maximum absolute atomic E-state index is 4.64. The van der Waals surface area contributed by atoms with Gasteiger partial charge >= 0.3 is 0 Å². The molecule has 0 saturated carbocycles. The number of aryl methyl sites for hydroxylation is 1. The van der Waals surface area contributed by atoms with Crippen molar-refractivity contribution in [3.05, 3.63) is 36.0 Å². The summed E-state index contributed by atoms with van der Waals surface area (Å²) in [5, 5.41) is 8.53. The first-order valence-electron chi connectivity index (χ1n) is 8.34. The Hall–Kier alpha value is -1.95. The summed E-state index contributed by atoms with van der Waals surface area (Å²) in [4.78, 5) is 9.19. The highest BCUT2D eigenvalue weighted by atomic mass is 15.3. The van der Waals surface area contributed by atoms with Crippen molar-refractivity contribution in [2.75, 3.05) is 38.6 Å². The first-order valence-corrected chi connectivity index (χ1v) is 8.34. The van der Waals surface area contributed by atoms with E-state index in [1.165, 1.54) is 18.7 Å². The molecule has 3 heterocycles. The highest BCUT2D eigenvalue weighted by molar-refractivity contribution is 5.38. The van der Waals surface area contributed by atoms with E-state index >= 15 is 0 Å². The summed E-state index contributed by atoms with van der Waals surface area (Å²) in [6.07, 6.45) is 6.38. The van der Waals surface area contributed by atoms with Crippen LogP contribution in [0.25, 0.3) is 0 Å². The average Bonchev–Trinajstić information content (AvgIpc) is 3.02. The number of hydrogen-bond donors (Lipinski definition) is 0. The van der Waals surface area contributed by atoms with Gasteiger partial charge in [0.25, 0.3) is 0 Å². The zero-order valence-electron chi connectivity index (χ0n) is 14.3. The number of piperidine rings is 1. The second-order valence-electron chi connectivity index (χ2n) is 6.60. The zero-order valence-corrected chi connectivity index (χ0v) is 14.3. The van der Waals surface area contributed by atoms with Gasteiger partial charge in [-0.15, -0.1) is 5.10 Å². The van der Waals surface area contributed by atoms with Gasteiger partial charge in [-0.1, -0.05) is 0 Å². The van der Waals surface area contributed by atoms with E-state index in [4.69, 9.17) is 0 Å². The number of hydrogen-bond acceptors (Lipinski definition) is 5. The van der Waals surface area contributed by atoms with Gasteiger partial charge in [0.1, 0.15) is 5.82 Å². The summed E-state index contributed by atoms with van der Waals surface area (Å²) in [7, 11) is 4.21. The lowest BCUT2D eigenvalue weighted by Gasteiger charge is -2.33. The number of rotatable bonds is 5. The second-order valence-corrected chi connectivity index (χ2v) is 6.60. The van der Waals surface area contributed by atoms with Crippen LogP contribution in [0.5, 0.6) is 0 Å². The molecule has 6 heteroatoms. The number of aromatic nitrogens is 4. The molecule has 23 heavy (non-hydrogen) atoms. The summed E-state index contributed by atoms with van der Waals surface area (Å²) in [5.41, 5.74) is 0.960. The minimum Gasteiger partial charge on any atom is -0.354 e. The third kappa shape index (κ3) is 3.88. The number of anilines is 1. The van der Waals surface area contributed by atoms with Crippen molar-refractivity contribution >= 4 is 5.82 Å². The van der Waals surface area contributed by atoms with Gasteiger partial charge < -0.3 is 14.4 Å². The normalized spacial score (nSPS) is 18.6. The van der Waals surface area contributed by atoms with Crippen molar-refractivity contribution in [1.29, 1.82) is 0 Å². The smallest absolute Gasteiger partial charge is 0.151 e. The summed E-state index contributed by atoms with van der Waals surface area (Å²) in [6, 6.07) is 4.10. The lowest BCUT2D eigenvalue weighted by atomic mass is 9.97. The highest BCUT2D eigenvalue weighted by Crippen LogP contribution is 2.28. The molecule has 0 radical (unpaired) electrons. The molecule has 1 atom stereocenters. The third-order valence-electron chi connectivity index (χ3n) is 4.43. The van der Waals surface area contributed by atoms with Crippen LogP contribution >= 0.6 is 0 Å². The van der Waals surface area contributed by atoms with E-state index in [1.807, 2.05) is 19.2 Å². The fraction of sp³-hybridized carbons (Fsp3) is 0.588. The van der Waals surface area contributed by atoms with Crippen LogP contribution in [0.1, 0.15) is 30.3 Å². The van der Waals surface area contributed by atoms with E-state index in [0.29, 0.717) is 5.92 Å². The molecular weight excluding hydrogens is 288 g/mol. The standard InChI is InChI=1S/C17H26N6/c1-14-6-7-16(20-19-14)23-9-4-5-15(13-23)17-18-8-10-22(17)12-11-21(2)3/h6-8,10,15H,4-5,9,11-13H2,1-3H3/t15-/m0/s1. The molecule has 0 bridgehead atoms. The van der Waals surface area contributed by atoms with E-state index in [9.17, 15) is 0 Å². The van der Waals surface area contributed by atoms with Crippen LogP contribution in [0.4, 0.5) is 5.82 Å². The molecule has 0 aromatic carbocycles. The first-order chi connectivity index (χ1) is 11.1. The van der Waals surface area contributed by atoms with Crippen molar-refractivity contribution < 1.29 is 0 Å². The van der Waals surface area contributed by atoms with Crippen LogP contribution in [0.2, 0.25) is 0 Å². The van der Waals surface area contributed by atoms with Gasteiger partial charge in [-0.05, 0) is 46.0 Å².